The van der Waals surface area contributed by atoms with Crippen molar-refractivity contribution < 1.29 is 4.74 Å². The van der Waals surface area contributed by atoms with Crippen LogP contribution in [0, 0.1) is 4.91 Å². The van der Waals surface area contributed by atoms with E-state index < -0.39 is 6.04 Å². The minimum atomic E-state index is -0.507. The van der Waals surface area contributed by atoms with Crippen molar-refractivity contribution in [3.8, 4) is 11.5 Å². The monoisotopic (exact) mass is 294 g/mol. The summed E-state index contributed by atoms with van der Waals surface area (Å²) < 4.78 is 7.30. The molecule has 0 fully saturated rings. The molecule has 3 aromatic rings. The summed E-state index contributed by atoms with van der Waals surface area (Å²) in [5, 5.41) is 7.15. The molecule has 1 heterocycles. The van der Waals surface area contributed by atoms with E-state index in [2.05, 4.69) is 15.3 Å². The first-order valence-electron chi connectivity index (χ1n) is 6.83. The van der Waals surface area contributed by atoms with E-state index in [4.69, 9.17) is 4.74 Å². The number of hydrogen-bond donors (Lipinski definition) is 0. The van der Waals surface area contributed by atoms with E-state index >= 15 is 0 Å². The molecule has 0 bridgehead atoms. The van der Waals surface area contributed by atoms with Crippen molar-refractivity contribution in [2.75, 3.05) is 0 Å². The maximum absolute atomic E-state index is 11.1. The van der Waals surface area contributed by atoms with Gasteiger partial charge in [0, 0.05) is 0 Å². The van der Waals surface area contributed by atoms with Gasteiger partial charge in [0.1, 0.15) is 30.2 Å². The fraction of sp³-hybridized carbons (Fsp3) is 0.125. The number of aromatic nitrogens is 3. The fourth-order valence-corrected chi connectivity index (χ4v) is 2.09. The van der Waals surface area contributed by atoms with Gasteiger partial charge in [-0.05, 0) is 29.8 Å². The largest absolute Gasteiger partial charge is 0.457 e. The summed E-state index contributed by atoms with van der Waals surface area (Å²) in [6.45, 7) is 0.363. The lowest BCUT2D eigenvalue weighted by atomic mass is 10.1. The van der Waals surface area contributed by atoms with Crippen LogP contribution in [0.1, 0.15) is 11.6 Å². The molecule has 0 aliphatic rings. The van der Waals surface area contributed by atoms with Crippen molar-refractivity contribution in [2.24, 2.45) is 5.18 Å². The molecule has 6 heteroatoms. The van der Waals surface area contributed by atoms with Gasteiger partial charge in [0.25, 0.3) is 0 Å². The molecule has 1 atom stereocenters. The molecule has 3 rings (SSSR count). The van der Waals surface area contributed by atoms with Crippen molar-refractivity contribution in [2.45, 2.75) is 12.6 Å². The molecule has 0 amide bonds. The van der Waals surface area contributed by atoms with Crippen molar-refractivity contribution >= 4 is 0 Å². The number of ether oxygens (including phenoxy) is 1. The number of benzene rings is 2. The lowest BCUT2D eigenvalue weighted by Gasteiger charge is -2.10. The second kappa shape index (κ2) is 6.62. The second-order valence-corrected chi connectivity index (χ2v) is 4.72. The highest BCUT2D eigenvalue weighted by molar-refractivity contribution is 5.33. The van der Waals surface area contributed by atoms with Gasteiger partial charge in [-0.15, -0.1) is 0 Å². The average molecular weight is 294 g/mol. The summed E-state index contributed by atoms with van der Waals surface area (Å²) in [6, 6.07) is 16.3. The van der Waals surface area contributed by atoms with Crippen molar-refractivity contribution in [3.05, 3.63) is 77.7 Å². The highest BCUT2D eigenvalue weighted by atomic mass is 16.5. The van der Waals surface area contributed by atoms with Crippen LogP contribution in [0.2, 0.25) is 0 Å². The van der Waals surface area contributed by atoms with Gasteiger partial charge in [-0.2, -0.15) is 10.0 Å². The molecule has 0 aliphatic carbocycles. The lowest BCUT2D eigenvalue weighted by Crippen LogP contribution is -2.07. The first-order valence-corrected chi connectivity index (χ1v) is 6.83. The van der Waals surface area contributed by atoms with Gasteiger partial charge in [0.2, 0.25) is 0 Å². The SMILES string of the molecule is O=NC(Cn1cncn1)c1ccc(Oc2ccccc2)cc1. The fourth-order valence-electron chi connectivity index (χ4n) is 2.09. The lowest BCUT2D eigenvalue weighted by molar-refractivity contribution is 0.481. The van der Waals surface area contributed by atoms with Crippen LogP contribution in [0.25, 0.3) is 0 Å². The number of hydrogen-bond acceptors (Lipinski definition) is 5. The van der Waals surface area contributed by atoms with Crippen molar-refractivity contribution in [3.63, 3.8) is 0 Å². The highest BCUT2D eigenvalue weighted by Gasteiger charge is 2.13. The topological polar surface area (TPSA) is 69.4 Å². The third-order valence-corrected chi connectivity index (χ3v) is 3.20. The number of para-hydroxylation sites is 1. The normalized spacial score (nSPS) is 11.8. The predicted molar refractivity (Wildman–Crippen MR) is 81.5 cm³/mol. The van der Waals surface area contributed by atoms with E-state index in [9.17, 15) is 4.91 Å². The Morgan fingerprint density at radius 1 is 1.05 bits per heavy atom. The quantitative estimate of drug-likeness (QED) is 0.651. The predicted octanol–water partition coefficient (Wildman–Crippen LogP) is 3.58. The Labute approximate surface area is 127 Å². The van der Waals surface area contributed by atoms with Crippen LogP contribution in [0.4, 0.5) is 0 Å². The zero-order valence-electron chi connectivity index (χ0n) is 11.7. The molecule has 6 nitrogen and oxygen atoms in total. The standard InChI is InChI=1S/C16H14N4O2/c21-19-16(10-20-12-17-11-18-20)13-6-8-15(9-7-13)22-14-4-2-1-3-5-14/h1-9,11-12,16H,10H2. The number of nitroso groups, excluding NO2 is 1. The van der Waals surface area contributed by atoms with Gasteiger partial charge in [-0.1, -0.05) is 35.5 Å². The van der Waals surface area contributed by atoms with E-state index in [1.54, 1.807) is 11.0 Å². The van der Waals surface area contributed by atoms with Crippen LogP contribution in [-0.2, 0) is 6.54 Å². The number of rotatable bonds is 6. The Morgan fingerprint density at radius 2 is 1.77 bits per heavy atom. The van der Waals surface area contributed by atoms with Gasteiger partial charge in [0.05, 0.1) is 6.54 Å². The minimum absolute atomic E-state index is 0.363. The van der Waals surface area contributed by atoms with Crippen LogP contribution in [-0.4, -0.2) is 14.8 Å². The summed E-state index contributed by atoms with van der Waals surface area (Å²) in [6.07, 6.45) is 2.99. The molecule has 22 heavy (non-hydrogen) atoms. The molecular formula is C16H14N4O2. The molecule has 0 saturated heterocycles. The Bertz CT molecular complexity index is 712. The van der Waals surface area contributed by atoms with Gasteiger partial charge in [-0.3, -0.25) is 4.68 Å². The highest BCUT2D eigenvalue weighted by Crippen LogP contribution is 2.25. The van der Waals surface area contributed by atoms with E-state index in [1.807, 2.05) is 54.6 Å². The molecule has 1 unspecified atom stereocenters. The molecule has 2 aromatic carbocycles. The zero-order chi connectivity index (χ0) is 15.2. The van der Waals surface area contributed by atoms with Crippen LogP contribution >= 0.6 is 0 Å². The summed E-state index contributed by atoms with van der Waals surface area (Å²) in [5.74, 6) is 1.48. The average Bonchev–Trinajstić information content (AvgIpc) is 3.08. The van der Waals surface area contributed by atoms with Crippen LogP contribution in [0.5, 0.6) is 11.5 Å². The molecule has 110 valence electrons. The number of nitrogens with zero attached hydrogens (tertiary/aromatic N) is 4. The smallest absolute Gasteiger partial charge is 0.137 e. The van der Waals surface area contributed by atoms with E-state index in [1.165, 1.54) is 6.33 Å². The third kappa shape index (κ3) is 3.35. The molecular weight excluding hydrogens is 280 g/mol. The van der Waals surface area contributed by atoms with Gasteiger partial charge in [-0.25, -0.2) is 4.98 Å². The Morgan fingerprint density at radius 3 is 2.41 bits per heavy atom. The molecule has 0 radical (unpaired) electrons. The maximum atomic E-state index is 11.1. The Kier molecular flexibility index (Phi) is 4.20. The Hall–Kier alpha value is -3.02. The van der Waals surface area contributed by atoms with E-state index in [0.29, 0.717) is 12.3 Å². The van der Waals surface area contributed by atoms with Crippen molar-refractivity contribution in [1.82, 2.24) is 14.8 Å². The second-order valence-electron chi connectivity index (χ2n) is 4.72. The zero-order valence-corrected chi connectivity index (χ0v) is 11.7. The molecule has 0 aliphatic heterocycles. The molecule has 0 N–H and O–H groups in total. The summed E-state index contributed by atoms with van der Waals surface area (Å²) in [5.41, 5.74) is 0.811. The first-order chi connectivity index (χ1) is 10.8. The van der Waals surface area contributed by atoms with Crippen LogP contribution in [0.3, 0.4) is 0 Å². The summed E-state index contributed by atoms with van der Waals surface area (Å²) in [4.78, 5) is 14.9. The van der Waals surface area contributed by atoms with Gasteiger partial charge < -0.3 is 4.74 Å². The van der Waals surface area contributed by atoms with E-state index in [0.717, 1.165) is 11.3 Å². The van der Waals surface area contributed by atoms with Crippen molar-refractivity contribution in [1.29, 1.82) is 0 Å². The minimum Gasteiger partial charge on any atom is -0.457 e. The Balaban J connectivity index is 1.71. The summed E-state index contributed by atoms with van der Waals surface area (Å²) in [7, 11) is 0. The van der Waals surface area contributed by atoms with E-state index in [-0.39, 0.29) is 0 Å². The molecule has 0 spiro atoms. The van der Waals surface area contributed by atoms with Gasteiger partial charge >= 0.3 is 0 Å². The molecule has 0 saturated carbocycles. The third-order valence-electron chi connectivity index (χ3n) is 3.20. The summed E-state index contributed by atoms with van der Waals surface area (Å²) >= 11 is 0. The first kappa shape index (κ1) is 13.9. The molecule has 1 aromatic heterocycles. The maximum Gasteiger partial charge on any atom is 0.137 e. The van der Waals surface area contributed by atoms with Gasteiger partial charge in [0.15, 0.2) is 0 Å². The van der Waals surface area contributed by atoms with Crippen LogP contribution < -0.4 is 4.74 Å². The van der Waals surface area contributed by atoms with Crippen LogP contribution in [0.15, 0.2) is 72.4 Å².